The summed E-state index contributed by atoms with van der Waals surface area (Å²) in [6.07, 6.45) is 1.25. The Bertz CT molecular complexity index is 328. The third-order valence-corrected chi connectivity index (χ3v) is 3.03. The topological polar surface area (TPSA) is 12.0 Å². The zero-order valence-corrected chi connectivity index (χ0v) is 9.30. The van der Waals surface area contributed by atoms with Gasteiger partial charge in [-0.15, -0.1) is 0 Å². The molecule has 1 aromatic carbocycles. The van der Waals surface area contributed by atoms with Crippen molar-refractivity contribution in [2.24, 2.45) is 5.41 Å². The lowest BCUT2D eigenvalue weighted by molar-refractivity contribution is 0.403. The summed E-state index contributed by atoms with van der Waals surface area (Å²) in [6.45, 7) is 7.95. The predicted molar refractivity (Wildman–Crippen MR) is 60.3 cm³/mol. The molecule has 1 fully saturated rings. The average Bonchev–Trinajstić information content (AvgIpc) is 2.46. The smallest absolute Gasteiger partial charge is 0.0326 e. The van der Waals surface area contributed by atoms with Crippen LogP contribution in [-0.2, 0) is 0 Å². The predicted octanol–water partition coefficient (Wildman–Crippen LogP) is 3.06. The molecule has 1 aliphatic heterocycles. The first-order chi connectivity index (χ1) is 6.57. The van der Waals surface area contributed by atoms with Crippen molar-refractivity contribution >= 4 is 0 Å². The Morgan fingerprint density at radius 2 is 2.14 bits per heavy atom. The van der Waals surface area contributed by atoms with Gasteiger partial charge in [0, 0.05) is 12.6 Å². The zero-order valence-electron chi connectivity index (χ0n) is 9.30. The molecule has 1 heteroatoms. The molecule has 1 heterocycles. The van der Waals surface area contributed by atoms with Crippen molar-refractivity contribution < 1.29 is 0 Å². The fraction of sp³-hybridized carbons (Fsp3) is 0.538. The van der Waals surface area contributed by atoms with Crippen molar-refractivity contribution in [3.05, 3.63) is 35.4 Å². The molecule has 14 heavy (non-hydrogen) atoms. The van der Waals surface area contributed by atoms with Crippen LogP contribution in [0.25, 0.3) is 0 Å². The Hall–Kier alpha value is -0.820. The van der Waals surface area contributed by atoms with Crippen molar-refractivity contribution in [1.29, 1.82) is 0 Å². The number of benzene rings is 1. The van der Waals surface area contributed by atoms with Gasteiger partial charge in [0.2, 0.25) is 0 Å². The highest BCUT2D eigenvalue weighted by Crippen LogP contribution is 2.35. The molecule has 1 aliphatic rings. The maximum Gasteiger partial charge on any atom is 0.0326 e. The van der Waals surface area contributed by atoms with Crippen molar-refractivity contribution in [2.45, 2.75) is 33.2 Å². The van der Waals surface area contributed by atoms with E-state index < -0.39 is 0 Å². The molecular weight excluding hydrogens is 170 g/mol. The monoisotopic (exact) mass is 189 g/mol. The van der Waals surface area contributed by atoms with Gasteiger partial charge >= 0.3 is 0 Å². The van der Waals surface area contributed by atoms with Crippen LogP contribution in [0.2, 0.25) is 0 Å². The van der Waals surface area contributed by atoms with E-state index in [1.54, 1.807) is 0 Å². The second-order valence-electron chi connectivity index (χ2n) is 5.22. The Morgan fingerprint density at radius 3 is 2.71 bits per heavy atom. The summed E-state index contributed by atoms with van der Waals surface area (Å²) in [4.78, 5) is 0. The lowest BCUT2D eigenvalue weighted by atomic mass is 9.88. The largest absolute Gasteiger partial charge is 0.309 e. The molecule has 1 aromatic rings. The Kier molecular flexibility index (Phi) is 2.36. The number of hydrogen-bond donors (Lipinski definition) is 1. The molecular formula is C13H19N. The Morgan fingerprint density at radius 1 is 1.36 bits per heavy atom. The zero-order chi connectivity index (χ0) is 10.2. The lowest BCUT2D eigenvalue weighted by Crippen LogP contribution is -2.16. The first-order valence-electron chi connectivity index (χ1n) is 5.37. The van der Waals surface area contributed by atoms with E-state index in [0.29, 0.717) is 11.5 Å². The maximum absolute atomic E-state index is 3.59. The molecule has 0 amide bonds. The second kappa shape index (κ2) is 3.39. The minimum absolute atomic E-state index is 0.453. The minimum atomic E-state index is 0.453. The van der Waals surface area contributed by atoms with E-state index in [4.69, 9.17) is 0 Å². The first-order valence-corrected chi connectivity index (χ1v) is 5.37. The molecule has 0 aliphatic carbocycles. The lowest BCUT2D eigenvalue weighted by Gasteiger charge is -2.15. The summed E-state index contributed by atoms with van der Waals surface area (Å²) < 4.78 is 0. The van der Waals surface area contributed by atoms with Gasteiger partial charge in [0.15, 0.2) is 0 Å². The van der Waals surface area contributed by atoms with Gasteiger partial charge in [-0.05, 0) is 24.3 Å². The third kappa shape index (κ3) is 1.98. The van der Waals surface area contributed by atoms with Crippen LogP contribution in [0, 0.1) is 12.3 Å². The fourth-order valence-electron chi connectivity index (χ4n) is 2.22. The quantitative estimate of drug-likeness (QED) is 0.716. The number of aryl methyl sites for hydroxylation is 1. The highest BCUT2D eigenvalue weighted by Gasteiger charge is 2.30. The molecule has 0 saturated carbocycles. The molecule has 1 nitrogen and oxygen atoms in total. The van der Waals surface area contributed by atoms with Crippen molar-refractivity contribution in [3.8, 4) is 0 Å². The summed E-state index contributed by atoms with van der Waals surface area (Å²) in [5.74, 6) is 0. The summed E-state index contributed by atoms with van der Waals surface area (Å²) in [5, 5.41) is 3.59. The van der Waals surface area contributed by atoms with Gasteiger partial charge in [-0.25, -0.2) is 0 Å². The Balaban J connectivity index is 2.17. The SMILES string of the molecule is Cc1cccc(C2CC(C)(C)CN2)c1. The maximum atomic E-state index is 3.59. The summed E-state index contributed by atoms with van der Waals surface area (Å²) in [7, 11) is 0. The highest BCUT2D eigenvalue weighted by atomic mass is 15.0. The number of nitrogens with one attached hydrogen (secondary N) is 1. The molecule has 1 unspecified atom stereocenters. The van der Waals surface area contributed by atoms with Crippen LogP contribution in [0.1, 0.15) is 37.4 Å². The van der Waals surface area contributed by atoms with Crippen LogP contribution < -0.4 is 5.32 Å². The van der Waals surface area contributed by atoms with Crippen LogP contribution in [0.4, 0.5) is 0 Å². The fourth-order valence-corrected chi connectivity index (χ4v) is 2.22. The van der Waals surface area contributed by atoms with Crippen molar-refractivity contribution in [3.63, 3.8) is 0 Å². The van der Waals surface area contributed by atoms with Crippen molar-refractivity contribution in [1.82, 2.24) is 5.32 Å². The minimum Gasteiger partial charge on any atom is -0.309 e. The van der Waals surface area contributed by atoms with Gasteiger partial charge in [-0.3, -0.25) is 0 Å². The van der Waals surface area contributed by atoms with Crippen molar-refractivity contribution in [2.75, 3.05) is 6.54 Å². The van der Waals surface area contributed by atoms with Crippen LogP contribution in [0.15, 0.2) is 24.3 Å². The summed E-state index contributed by atoms with van der Waals surface area (Å²) in [5.41, 5.74) is 3.25. The molecule has 1 atom stereocenters. The molecule has 1 N–H and O–H groups in total. The van der Waals surface area contributed by atoms with Gasteiger partial charge in [0.1, 0.15) is 0 Å². The van der Waals surface area contributed by atoms with E-state index >= 15 is 0 Å². The normalized spacial score (nSPS) is 25.2. The molecule has 0 spiro atoms. The van der Waals surface area contributed by atoms with Gasteiger partial charge < -0.3 is 5.32 Å². The first kappa shape index (κ1) is 9.72. The number of rotatable bonds is 1. The average molecular weight is 189 g/mol. The van der Waals surface area contributed by atoms with Crippen LogP contribution >= 0.6 is 0 Å². The summed E-state index contributed by atoms with van der Waals surface area (Å²) >= 11 is 0. The van der Waals surface area contributed by atoms with Gasteiger partial charge in [0.05, 0.1) is 0 Å². The molecule has 1 saturated heterocycles. The third-order valence-electron chi connectivity index (χ3n) is 3.03. The Labute approximate surface area is 86.5 Å². The molecule has 76 valence electrons. The van der Waals surface area contributed by atoms with Gasteiger partial charge in [0.25, 0.3) is 0 Å². The van der Waals surface area contributed by atoms with E-state index in [-0.39, 0.29) is 0 Å². The molecule has 0 aromatic heterocycles. The molecule has 0 radical (unpaired) electrons. The molecule has 2 rings (SSSR count). The number of hydrogen-bond acceptors (Lipinski definition) is 1. The van der Waals surface area contributed by atoms with E-state index in [1.807, 2.05) is 0 Å². The van der Waals surface area contributed by atoms with E-state index in [9.17, 15) is 0 Å². The van der Waals surface area contributed by atoms with Crippen LogP contribution in [-0.4, -0.2) is 6.54 Å². The molecule has 0 bridgehead atoms. The van der Waals surface area contributed by atoms with E-state index in [2.05, 4.69) is 50.4 Å². The second-order valence-corrected chi connectivity index (χ2v) is 5.22. The highest BCUT2D eigenvalue weighted by molar-refractivity contribution is 5.26. The standard InChI is InChI=1S/C13H19N/c1-10-5-4-6-11(7-10)12-8-13(2,3)9-14-12/h4-7,12,14H,8-9H2,1-3H3. The van der Waals surface area contributed by atoms with Gasteiger partial charge in [-0.1, -0.05) is 43.7 Å². The summed E-state index contributed by atoms with van der Waals surface area (Å²) in [6, 6.07) is 9.39. The van der Waals surface area contributed by atoms with Crippen LogP contribution in [0.5, 0.6) is 0 Å². The van der Waals surface area contributed by atoms with Gasteiger partial charge in [-0.2, -0.15) is 0 Å². The van der Waals surface area contributed by atoms with E-state index in [1.165, 1.54) is 17.5 Å². The van der Waals surface area contributed by atoms with Crippen LogP contribution in [0.3, 0.4) is 0 Å². The van der Waals surface area contributed by atoms with E-state index in [0.717, 1.165) is 6.54 Å².